The van der Waals surface area contributed by atoms with Crippen molar-refractivity contribution in [1.29, 1.82) is 0 Å². The first-order valence-corrected chi connectivity index (χ1v) is 7.92. The molecule has 0 aromatic heterocycles. The minimum atomic E-state index is -0.891. The van der Waals surface area contributed by atoms with Crippen LogP contribution in [-0.2, 0) is 15.1 Å². The molecule has 0 heterocycles. The summed E-state index contributed by atoms with van der Waals surface area (Å²) in [6, 6.07) is 5.18. The van der Waals surface area contributed by atoms with Crippen molar-refractivity contribution in [3.63, 3.8) is 0 Å². The predicted molar refractivity (Wildman–Crippen MR) is 86.2 cm³/mol. The van der Waals surface area contributed by atoms with Crippen molar-refractivity contribution in [2.24, 2.45) is 5.41 Å². The molecule has 2 rings (SSSR count). The van der Waals surface area contributed by atoms with Gasteiger partial charge in [-0.05, 0) is 44.4 Å². The first-order valence-electron chi connectivity index (χ1n) is 7.16. The summed E-state index contributed by atoms with van der Waals surface area (Å²) in [6.07, 6.45) is 1.98. The molecule has 1 aromatic carbocycles. The second kappa shape index (κ2) is 6.09. The van der Waals surface area contributed by atoms with Gasteiger partial charge < -0.3 is 10.4 Å². The van der Waals surface area contributed by atoms with E-state index in [0.29, 0.717) is 22.9 Å². The lowest BCUT2D eigenvalue weighted by Gasteiger charge is -2.38. The number of carbonyl (C=O) groups excluding carboxylic acids is 1. The third-order valence-electron chi connectivity index (χ3n) is 4.36. The number of carbonyl (C=O) groups is 2. The molecule has 0 radical (unpaired) electrons. The van der Waals surface area contributed by atoms with Crippen LogP contribution in [0.2, 0.25) is 10.0 Å². The Balaban J connectivity index is 2.09. The fourth-order valence-electron chi connectivity index (χ4n) is 2.73. The molecular formula is C16H19Cl2NO3. The van der Waals surface area contributed by atoms with Crippen molar-refractivity contribution in [1.82, 2.24) is 5.32 Å². The van der Waals surface area contributed by atoms with Crippen LogP contribution in [0.25, 0.3) is 0 Å². The van der Waals surface area contributed by atoms with Crippen LogP contribution in [0.3, 0.4) is 0 Å². The van der Waals surface area contributed by atoms with Gasteiger partial charge >= 0.3 is 5.97 Å². The van der Waals surface area contributed by atoms with Gasteiger partial charge in [0.05, 0.1) is 21.0 Å². The average Bonchev–Trinajstić information content (AvgIpc) is 2.36. The van der Waals surface area contributed by atoms with E-state index >= 15 is 0 Å². The van der Waals surface area contributed by atoms with Crippen LogP contribution < -0.4 is 5.32 Å². The Morgan fingerprint density at radius 1 is 1.27 bits per heavy atom. The zero-order valence-corrected chi connectivity index (χ0v) is 14.1. The summed E-state index contributed by atoms with van der Waals surface area (Å²) in [6.45, 7) is 3.69. The Hall–Kier alpha value is -1.26. The van der Waals surface area contributed by atoms with Gasteiger partial charge in [0, 0.05) is 6.42 Å². The van der Waals surface area contributed by atoms with Crippen molar-refractivity contribution in [2.45, 2.75) is 45.1 Å². The molecule has 6 heteroatoms. The molecule has 2 N–H and O–H groups in total. The highest BCUT2D eigenvalue weighted by Crippen LogP contribution is 2.44. The molecule has 0 bridgehead atoms. The summed E-state index contributed by atoms with van der Waals surface area (Å²) in [7, 11) is 0. The van der Waals surface area contributed by atoms with E-state index in [1.807, 2.05) is 13.8 Å². The maximum atomic E-state index is 12.3. The molecule has 0 aliphatic heterocycles. The number of amides is 1. The molecule has 1 amide bonds. The number of halogens is 2. The third kappa shape index (κ3) is 3.39. The molecular weight excluding hydrogens is 325 g/mol. The Morgan fingerprint density at radius 2 is 1.91 bits per heavy atom. The molecule has 120 valence electrons. The molecule has 22 heavy (non-hydrogen) atoms. The number of carboxylic acid groups (broad SMARTS) is 1. The molecule has 0 atom stereocenters. The highest BCUT2D eigenvalue weighted by molar-refractivity contribution is 6.42. The summed E-state index contributed by atoms with van der Waals surface area (Å²) in [5, 5.41) is 13.1. The second-order valence-electron chi connectivity index (χ2n) is 6.42. The number of hydrogen-bond donors (Lipinski definition) is 2. The maximum Gasteiger partial charge on any atom is 0.310 e. The highest BCUT2D eigenvalue weighted by atomic mass is 35.5. The van der Waals surface area contributed by atoms with Crippen LogP contribution in [0.4, 0.5) is 0 Å². The molecule has 4 nitrogen and oxygen atoms in total. The number of aliphatic carboxylic acids is 1. The topological polar surface area (TPSA) is 66.4 Å². The summed E-state index contributed by atoms with van der Waals surface area (Å²) < 4.78 is 0. The van der Waals surface area contributed by atoms with Gasteiger partial charge in [-0.2, -0.15) is 0 Å². The average molecular weight is 344 g/mol. The lowest BCUT2D eigenvalue weighted by atomic mass is 9.66. The fourth-order valence-corrected chi connectivity index (χ4v) is 3.03. The van der Waals surface area contributed by atoms with Crippen LogP contribution in [0, 0.1) is 5.41 Å². The molecule has 1 aliphatic rings. The van der Waals surface area contributed by atoms with E-state index in [2.05, 4.69) is 5.32 Å². The van der Waals surface area contributed by atoms with Crippen molar-refractivity contribution in [3.8, 4) is 0 Å². The summed E-state index contributed by atoms with van der Waals surface area (Å²) in [5.74, 6) is -1.15. The molecule has 0 saturated heterocycles. The van der Waals surface area contributed by atoms with Gasteiger partial charge in [-0.3, -0.25) is 9.59 Å². The van der Waals surface area contributed by atoms with E-state index in [-0.39, 0.29) is 12.3 Å². The van der Waals surface area contributed by atoms with Crippen molar-refractivity contribution < 1.29 is 14.7 Å². The van der Waals surface area contributed by atoms with Gasteiger partial charge in [0.1, 0.15) is 0 Å². The van der Waals surface area contributed by atoms with Crippen LogP contribution in [-0.4, -0.2) is 17.0 Å². The largest absolute Gasteiger partial charge is 0.481 e. The third-order valence-corrected chi connectivity index (χ3v) is 5.10. The van der Waals surface area contributed by atoms with E-state index < -0.39 is 16.9 Å². The lowest BCUT2D eigenvalue weighted by Crippen LogP contribution is -2.47. The minimum absolute atomic E-state index is 0.00703. The Labute approximate surface area is 139 Å². The van der Waals surface area contributed by atoms with E-state index in [4.69, 9.17) is 23.2 Å². The second-order valence-corrected chi connectivity index (χ2v) is 7.23. The predicted octanol–water partition coefficient (Wildman–Crippen LogP) is 3.99. The van der Waals surface area contributed by atoms with Gasteiger partial charge in [0.25, 0.3) is 0 Å². The van der Waals surface area contributed by atoms with Gasteiger partial charge in [-0.25, -0.2) is 0 Å². The molecule has 0 spiro atoms. The Morgan fingerprint density at radius 3 is 2.36 bits per heavy atom. The first kappa shape index (κ1) is 17.1. The van der Waals surface area contributed by atoms with E-state index in [9.17, 15) is 14.7 Å². The van der Waals surface area contributed by atoms with Crippen LogP contribution in [0.5, 0.6) is 0 Å². The van der Waals surface area contributed by atoms with Gasteiger partial charge in [0.15, 0.2) is 0 Å². The molecule has 1 saturated carbocycles. The van der Waals surface area contributed by atoms with Crippen molar-refractivity contribution in [3.05, 3.63) is 33.8 Å². The van der Waals surface area contributed by atoms with E-state index in [1.165, 1.54) is 0 Å². The number of benzene rings is 1. The fraction of sp³-hybridized carbons (Fsp3) is 0.500. The standard InChI is InChI=1S/C16H19Cl2NO3/c1-15(2,10-4-5-11(17)12(18)8-10)19-13(20)9-16(14(21)22)6-3-7-16/h4-5,8H,3,6-7,9H2,1-2H3,(H,19,20)(H,21,22). The van der Waals surface area contributed by atoms with Crippen LogP contribution in [0.1, 0.15) is 45.1 Å². The van der Waals surface area contributed by atoms with Crippen LogP contribution >= 0.6 is 23.2 Å². The first-order chi connectivity index (χ1) is 10.2. The zero-order valence-electron chi connectivity index (χ0n) is 12.6. The number of carboxylic acids is 1. The quantitative estimate of drug-likeness (QED) is 0.849. The molecule has 1 fully saturated rings. The lowest BCUT2D eigenvalue weighted by molar-refractivity contribution is -0.157. The normalized spacial score (nSPS) is 16.7. The van der Waals surface area contributed by atoms with E-state index in [1.54, 1.807) is 18.2 Å². The number of rotatable bonds is 5. The Kier molecular flexibility index (Phi) is 4.73. The number of nitrogens with one attached hydrogen (secondary N) is 1. The molecule has 0 unspecified atom stereocenters. The molecule has 1 aromatic rings. The molecule has 1 aliphatic carbocycles. The van der Waals surface area contributed by atoms with Crippen molar-refractivity contribution in [2.75, 3.05) is 0 Å². The number of hydrogen-bond acceptors (Lipinski definition) is 2. The van der Waals surface area contributed by atoms with Crippen molar-refractivity contribution >= 4 is 35.1 Å². The van der Waals surface area contributed by atoms with Gasteiger partial charge in [0.2, 0.25) is 5.91 Å². The maximum absolute atomic E-state index is 12.3. The smallest absolute Gasteiger partial charge is 0.310 e. The summed E-state index contributed by atoms with van der Waals surface area (Å²) >= 11 is 11.9. The van der Waals surface area contributed by atoms with Gasteiger partial charge in [-0.1, -0.05) is 35.7 Å². The summed E-state index contributed by atoms with van der Waals surface area (Å²) in [4.78, 5) is 23.6. The minimum Gasteiger partial charge on any atom is -0.481 e. The van der Waals surface area contributed by atoms with Crippen LogP contribution in [0.15, 0.2) is 18.2 Å². The Bertz CT molecular complexity index is 609. The SMILES string of the molecule is CC(C)(NC(=O)CC1(C(=O)O)CCC1)c1ccc(Cl)c(Cl)c1. The van der Waals surface area contributed by atoms with E-state index in [0.717, 1.165) is 12.0 Å². The summed E-state index contributed by atoms with van der Waals surface area (Å²) in [5.41, 5.74) is -0.736. The van der Waals surface area contributed by atoms with Gasteiger partial charge in [-0.15, -0.1) is 0 Å². The highest BCUT2D eigenvalue weighted by Gasteiger charge is 2.46. The zero-order chi connectivity index (χ0) is 16.5. The monoisotopic (exact) mass is 343 g/mol.